The molecule has 5 heteroatoms. The van der Waals surface area contributed by atoms with E-state index in [2.05, 4.69) is 5.32 Å². The van der Waals surface area contributed by atoms with E-state index in [-0.39, 0.29) is 17.0 Å². The SMILES string of the molecule is C[C@@H](C(=O)Nc1ccc(F)cc1Cl)N(C)Cc1ccccc1. The highest BCUT2D eigenvalue weighted by molar-refractivity contribution is 6.33. The van der Waals surface area contributed by atoms with Gasteiger partial charge in [-0.25, -0.2) is 4.39 Å². The zero-order chi connectivity index (χ0) is 16.1. The van der Waals surface area contributed by atoms with E-state index in [4.69, 9.17) is 11.6 Å². The van der Waals surface area contributed by atoms with Crippen LogP contribution >= 0.6 is 11.6 Å². The number of hydrogen-bond acceptors (Lipinski definition) is 2. The van der Waals surface area contributed by atoms with Crippen LogP contribution in [0.25, 0.3) is 0 Å². The van der Waals surface area contributed by atoms with E-state index in [0.717, 1.165) is 5.56 Å². The molecule has 22 heavy (non-hydrogen) atoms. The summed E-state index contributed by atoms with van der Waals surface area (Å²) in [5.74, 6) is -0.621. The molecule has 0 unspecified atom stereocenters. The van der Waals surface area contributed by atoms with Crippen LogP contribution in [0.3, 0.4) is 0 Å². The van der Waals surface area contributed by atoms with Gasteiger partial charge >= 0.3 is 0 Å². The summed E-state index contributed by atoms with van der Waals surface area (Å²) in [6.45, 7) is 2.47. The van der Waals surface area contributed by atoms with Crippen molar-refractivity contribution in [3.05, 3.63) is 64.9 Å². The lowest BCUT2D eigenvalue weighted by Gasteiger charge is -2.24. The Hall–Kier alpha value is -1.91. The van der Waals surface area contributed by atoms with Crippen molar-refractivity contribution >= 4 is 23.2 Å². The van der Waals surface area contributed by atoms with Gasteiger partial charge < -0.3 is 5.32 Å². The standard InChI is InChI=1S/C17H18ClFN2O/c1-12(21(2)11-13-6-4-3-5-7-13)17(22)20-16-9-8-14(19)10-15(16)18/h3-10,12H,11H2,1-2H3,(H,20,22)/t12-/m0/s1. The molecule has 2 aromatic rings. The van der Waals surface area contributed by atoms with Crippen molar-refractivity contribution in [1.29, 1.82) is 0 Å². The van der Waals surface area contributed by atoms with Crippen LogP contribution < -0.4 is 5.32 Å². The molecule has 1 N–H and O–H groups in total. The van der Waals surface area contributed by atoms with E-state index in [9.17, 15) is 9.18 Å². The summed E-state index contributed by atoms with van der Waals surface area (Å²) in [5.41, 5.74) is 1.54. The Morgan fingerprint density at radius 2 is 1.95 bits per heavy atom. The second kappa shape index (κ2) is 7.38. The zero-order valence-electron chi connectivity index (χ0n) is 12.5. The molecule has 0 saturated heterocycles. The van der Waals surface area contributed by atoms with Crippen molar-refractivity contribution < 1.29 is 9.18 Å². The summed E-state index contributed by atoms with van der Waals surface area (Å²) in [5, 5.41) is 2.91. The Morgan fingerprint density at radius 3 is 2.59 bits per heavy atom. The number of rotatable bonds is 5. The molecule has 0 heterocycles. The predicted molar refractivity (Wildman–Crippen MR) is 87.4 cm³/mol. The fraction of sp³-hybridized carbons (Fsp3) is 0.235. The molecule has 0 fully saturated rings. The fourth-order valence-electron chi connectivity index (χ4n) is 2.04. The maximum Gasteiger partial charge on any atom is 0.241 e. The first kappa shape index (κ1) is 16.5. The Bertz CT molecular complexity index is 648. The lowest BCUT2D eigenvalue weighted by molar-refractivity contribution is -0.120. The first-order valence-corrected chi connectivity index (χ1v) is 7.35. The highest BCUT2D eigenvalue weighted by Crippen LogP contribution is 2.22. The second-order valence-electron chi connectivity index (χ2n) is 5.19. The summed E-state index contributed by atoms with van der Waals surface area (Å²) in [4.78, 5) is 14.2. The third-order valence-electron chi connectivity index (χ3n) is 3.50. The molecular formula is C17H18ClFN2O. The number of amides is 1. The van der Waals surface area contributed by atoms with Crippen molar-refractivity contribution in [3.8, 4) is 0 Å². The molecule has 2 rings (SSSR count). The Balaban J connectivity index is 1.99. The van der Waals surface area contributed by atoms with Crippen LogP contribution in [0.4, 0.5) is 10.1 Å². The van der Waals surface area contributed by atoms with Gasteiger partial charge in [0.05, 0.1) is 16.8 Å². The molecule has 0 aromatic heterocycles. The Morgan fingerprint density at radius 1 is 1.27 bits per heavy atom. The molecule has 0 radical (unpaired) electrons. The van der Waals surface area contributed by atoms with Gasteiger partial charge in [0, 0.05) is 6.54 Å². The van der Waals surface area contributed by atoms with Crippen LogP contribution in [0.2, 0.25) is 5.02 Å². The fourth-order valence-corrected chi connectivity index (χ4v) is 2.25. The predicted octanol–water partition coefficient (Wildman–Crippen LogP) is 3.94. The number of likely N-dealkylation sites (N-methyl/N-ethyl adjacent to an activating group) is 1. The minimum atomic E-state index is -0.433. The average Bonchev–Trinajstić information content (AvgIpc) is 2.50. The molecule has 1 amide bonds. The van der Waals surface area contributed by atoms with Crippen LogP contribution in [-0.2, 0) is 11.3 Å². The van der Waals surface area contributed by atoms with Gasteiger partial charge in [-0.2, -0.15) is 0 Å². The molecule has 0 saturated carbocycles. The third-order valence-corrected chi connectivity index (χ3v) is 3.82. The first-order valence-electron chi connectivity index (χ1n) is 6.97. The maximum absolute atomic E-state index is 13.0. The minimum absolute atomic E-state index is 0.186. The molecule has 0 aliphatic heterocycles. The smallest absolute Gasteiger partial charge is 0.241 e. The van der Waals surface area contributed by atoms with Crippen LogP contribution in [-0.4, -0.2) is 23.9 Å². The van der Waals surface area contributed by atoms with Gasteiger partial charge in [0.15, 0.2) is 0 Å². The van der Waals surface area contributed by atoms with Gasteiger partial charge in [-0.3, -0.25) is 9.69 Å². The highest BCUT2D eigenvalue weighted by Gasteiger charge is 2.19. The lowest BCUT2D eigenvalue weighted by atomic mass is 10.2. The largest absolute Gasteiger partial charge is 0.323 e. The van der Waals surface area contributed by atoms with Gasteiger partial charge in [-0.15, -0.1) is 0 Å². The van der Waals surface area contributed by atoms with Crippen LogP contribution in [0.15, 0.2) is 48.5 Å². The van der Waals surface area contributed by atoms with Crippen LogP contribution in [0, 0.1) is 5.82 Å². The number of benzene rings is 2. The van der Waals surface area contributed by atoms with E-state index in [1.807, 2.05) is 49.2 Å². The number of anilines is 1. The topological polar surface area (TPSA) is 32.3 Å². The first-order chi connectivity index (χ1) is 10.5. The quantitative estimate of drug-likeness (QED) is 0.905. The third kappa shape index (κ3) is 4.29. The van der Waals surface area contributed by atoms with Crippen LogP contribution in [0.1, 0.15) is 12.5 Å². The van der Waals surface area contributed by atoms with E-state index < -0.39 is 5.82 Å². The molecular weight excluding hydrogens is 303 g/mol. The lowest BCUT2D eigenvalue weighted by Crippen LogP contribution is -2.39. The normalized spacial score (nSPS) is 12.2. The number of nitrogens with one attached hydrogen (secondary N) is 1. The average molecular weight is 321 g/mol. The number of hydrogen-bond donors (Lipinski definition) is 1. The highest BCUT2D eigenvalue weighted by atomic mass is 35.5. The van der Waals surface area contributed by atoms with Crippen LogP contribution in [0.5, 0.6) is 0 Å². The van der Waals surface area contributed by atoms with Crippen molar-refractivity contribution in [2.45, 2.75) is 19.5 Å². The van der Waals surface area contributed by atoms with Gasteiger partial charge in [0.1, 0.15) is 5.82 Å². The molecule has 0 bridgehead atoms. The molecule has 2 aromatic carbocycles. The van der Waals surface area contributed by atoms with Crippen molar-refractivity contribution in [1.82, 2.24) is 4.90 Å². The maximum atomic E-state index is 13.0. The van der Waals surface area contributed by atoms with Crippen molar-refractivity contribution in [2.24, 2.45) is 0 Å². The Labute approximate surface area is 134 Å². The monoisotopic (exact) mass is 320 g/mol. The number of carbonyl (C=O) groups excluding carboxylic acids is 1. The van der Waals surface area contributed by atoms with Gasteiger partial charge in [0.25, 0.3) is 0 Å². The zero-order valence-corrected chi connectivity index (χ0v) is 13.3. The van der Waals surface area contributed by atoms with Crippen molar-refractivity contribution in [3.63, 3.8) is 0 Å². The summed E-state index contributed by atoms with van der Waals surface area (Å²) in [6.07, 6.45) is 0. The minimum Gasteiger partial charge on any atom is -0.323 e. The number of halogens is 2. The number of nitrogens with zero attached hydrogens (tertiary/aromatic N) is 1. The Kier molecular flexibility index (Phi) is 5.52. The van der Waals surface area contributed by atoms with E-state index >= 15 is 0 Å². The van der Waals surface area contributed by atoms with E-state index in [1.54, 1.807) is 0 Å². The molecule has 0 aliphatic carbocycles. The molecule has 3 nitrogen and oxygen atoms in total. The second-order valence-corrected chi connectivity index (χ2v) is 5.60. The summed E-state index contributed by atoms with van der Waals surface area (Å²) in [7, 11) is 1.88. The van der Waals surface area contributed by atoms with Crippen molar-refractivity contribution in [2.75, 3.05) is 12.4 Å². The number of carbonyl (C=O) groups is 1. The molecule has 0 aliphatic rings. The molecule has 116 valence electrons. The van der Waals surface area contributed by atoms with Gasteiger partial charge in [0.2, 0.25) is 5.91 Å². The van der Waals surface area contributed by atoms with E-state index in [1.165, 1.54) is 18.2 Å². The summed E-state index contributed by atoms with van der Waals surface area (Å²) >= 11 is 5.92. The summed E-state index contributed by atoms with van der Waals surface area (Å²) in [6, 6.07) is 13.5. The summed E-state index contributed by atoms with van der Waals surface area (Å²) < 4.78 is 13.0. The van der Waals surface area contributed by atoms with E-state index in [0.29, 0.717) is 12.2 Å². The van der Waals surface area contributed by atoms with Gasteiger partial charge in [-0.1, -0.05) is 41.9 Å². The molecule has 1 atom stereocenters. The molecule has 0 spiro atoms. The van der Waals surface area contributed by atoms with Gasteiger partial charge in [-0.05, 0) is 37.7 Å².